The van der Waals surface area contributed by atoms with Crippen LogP contribution in [-0.2, 0) is 0 Å². The zero-order chi connectivity index (χ0) is 16.4. The van der Waals surface area contributed by atoms with E-state index in [9.17, 15) is 9.18 Å². The summed E-state index contributed by atoms with van der Waals surface area (Å²) in [5, 5.41) is 3.09. The molecule has 23 heavy (non-hydrogen) atoms. The first kappa shape index (κ1) is 15.6. The summed E-state index contributed by atoms with van der Waals surface area (Å²) in [7, 11) is 0. The van der Waals surface area contributed by atoms with Crippen LogP contribution in [0.1, 0.15) is 16.1 Å². The summed E-state index contributed by atoms with van der Waals surface area (Å²) < 4.78 is 13.8. The van der Waals surface area contributed by atoms with Gasteiger partial charge in [0.15, 0.2) is 5.13 Å². The van der Waals surface area contributed by atoms with Gasteiger partial charge in [0.05, 0.1) is 21.2 Å². The van der Waals surface area contributed by atoms with Gasteiger partial charge >= 0.3 is 0 Å². The fourth-order valence-corrected chi connectivity index (χ4v) is 3.40. The van der Waals surface area contributed by atoms with Gasteiger partial charge in [-0.15, -0.1) is 0 Å². The third-order valence-corrected chi connectivity index (χ3v) is 4.68. The highest BCUT2D eigenvalue weighted by Crippen LogP contribution is 2.33. The van der Waals surface area contributed by atoms with Crippen LogP contribution in [0.15, 0.2) is 48.5 Å². The summed E-state index contributed by atoms with van der Waals surface area (Å²) in [5.41, 5.74) is 1.64. The van der Waals surface area contributed by atoms with E-state index in [0.717, 1.165) is 16.1 Å². The van der Waals surface area contributed by atoms with Crippen LogP contribution < -0.4 is 5.32 Å². The SMILES string of the molecule is Cc1nc(NC(=O)c2c(F)cccc2Cl)sc1-c1ccccc1. The minimum Gasteiger partial charge on any atom is -0.298 e. The normalized spacial score (nSPS) is 10.6. The number of hydrogen-bond acceptors (Lipinski definition) is 3. The molecule has 0 radical (unpaired) electrons. The molecule has 116 valence electrons. The van der Waals surface area contributed by atoms with Crippen molar-refractivity contribution in [3.05, 3.63) is 70.6 Å². The number of carbonyl (C=O) groups is 1. The van der Waals surface area contributed by atoms with E-state index in [4.69, 9.17) is 11.6 Å². The van der Waals surface area contributed by atoms with Crippen molar-refractivity contribution in [1.29, 1.82) is 0 Å². The van der Waals surface area contributed by atoms with E-state index in [1.807, 2.05) is 37.3 Å². The van der Waals surface area contributed by atoms with E-state index in [0.29, 0.717) is 5.13 Å². The minimum atomic E-state index is -0.661. The first-order valence-electron chi connectivity index (χ1n) is 6.84. The number of carbonyl (C=O) groups excluding carboxylic acids is 1. The maximum Gasteiger partial charge on any atom is 0.261 e. The highest BCUT2D eigenvalue weighted by atomic mass is 35.5. The van der Waals surface area contributed by atoms with Crippen molar-refractivity contribution in [2.75, 3.05) is 5.32 Å². The molecule has 3 aromatic rings. The lowest BCUT2D eigenvalue weighted by Crippen LogP contribution is -2.14. The standard InChI is InChI=1S/C17H12ClFN2OS/c1-10-15(11-6-3-2-4-7-11)23-17(20-10)21-16(22)14-12(18)8-5-9-13(14)19/h2-9H,1H3,(H,20,21,22). The molecular weight excluding hydrogens is 335 g/mol. The van der Waals surface area contributed by atoms with E-state index in [1.54, 1.807) is 0 Å². The largest absolute Gasteiger partial charge is 0.298 e. The number of aromatic nitrogens is 1. The molecule has 6 heteroatoms. The zero-order valence-electron chi connectivity index (χ0n) is 12.1. The van der Waals surface area contributed by atoms with Gasteiger partial charge in [-0.2, -0.15) is 0 Å². The predicted octanol–water partition coefficient (Wildman–Crippen LogP) is 5.16. The third kappa shape index (κ3) is 3.25. The molecule has 0 bridgehead atoms. The Balaban J connectivity index is 1.88. The Labute approximate surface area is 141 Å². The molecule has 0 atom stereocenters. The predicted molar refractivity (Wildman–Crippen MR) is 91.7 cm³/mol. The topological polar surface area (TPSA) is 42.0 Å². The van der Waals surface area contributed by atoms with E-state index < -0.39 is 11.7 Å². The number of benzene rings is 2. The van der Waals surface area contributed by atoms with Crippen LogP contribution in [0.3, 0.4) is 0 Å². The first-order valence-corrected chi connectivity index (χ1v) is 8.04. The van der Waals surface area contributed by atoms with Gasteiger partial charge in [-0.05, 0) is 24.6 Å². The second-order valence-electron chi connectivity index (χ2n) is 4.85. The van der Waals surface area contributed by atoms with Crippen LogP contribution in [0.2, 0.25) is 5.02 Å². The molecule has 2 aromatic carbocycles. The summed E-state index contributed by atoms with van der Waals surface area (Å²) in [6.07, 6.45) is 0. The van der Waals surface area contributed by atoms with Gasteiger partial charge in [0, 0.05) is 0 Å². The number of nitrogens with zero attached hydrogens (tertiary/aromatic N) is 1. The van der Waals surface area contributed by atoms with Crippen molar-refractivity contribution in [3.8, 4) is 10.4 Å². The molecule has 1 amide bonds. The van der Waals surface area contributed by atoms with Gasteiger partial charge in [0.2, 0.25) is 0 Å². The highest BCUT2D eigenvalue weighted by Gasteiger charge is 2.18. The van der Waals surface area contributed by atoms with Crippen LogP contribution in [0, 0.1) is 12.7 Å². The van der Waals surface area contributed by atoms with Gasteiger partial charge in [0.1, 0.15) is 5.82 Å². The lowest BCUT2D eigenvalue weighted by Gasteiger charge is -2.04. The Bertz CT molecular complexity index is 844. The van der Waals surface area contributed by atoms with Crippen LogP contribution >= 0.6 is 22.9 Å². The lowest BCUT2D eigenvalue weighted by molar-refractivity contribution is 0.102. The minimum absolute atomic E-state index is 0.0686. The van der Waals surface area contributed by atoms with Crippen molar-refractivity contribution in [3.63, 3.8) is 0 Å². The number of rotatable bonds is 3. The quantitative estimate of drug-likeness (QED) is 0.711. The van der Waals surface area contributed by atoms with Crippen molar-refractivity contribution in [1.82, 2.24) is 4.98 Å². The number of hydrogen-bond donors (Lipinski definition) is 1. The summed E-state index contributed by atoms with van der Waals surface area (Å²) in [4.78, 5) is 17.5. The van der Waals surface area contributed by atoms with Gasteiger partial charge in [-0.25, -0.2) is 9.37 Å². The second kappa shape index (κ2) is 6.48. The fourth-order valence-electron chi connectivity index (χ4n) is 2.18. The fraction of sp³-hybridized carbons (Fsp3) is 0.0588. The van der Waals surface area contributed by atoms with E-state index in [-0.39, 0.29) is 10.6 Å². The Morgan fingerprint density at radius 3 is 2.61 bits per heavy atom. The molecule has 1 heterocycles. The van der Waals surface area contributed by atoms with Gasteiger partial charge in [-0.3, -0.25) is 10.1 Å². The summed E-state index contributed by atoms with van der Waals surface area (Å²) in [6.45, 7) is 1.87. The highest BCUT2D eigenvalue weighted by molar-refractivity contribution is 7.19. The van der Waals surface area contributed by atoms with Crippen molar-refractivity contribution in [2.24, 2.45) is 0 Å². The molecule has 0 spiro atoms. The zero-order valence-corrected chi connectivity index (χ0v) is 13.7. The molecule has 0 aliphatic rings. The molecule has 3 nitrogen and oxygen atoms in total. The average molecular weight is 347 g/mol. The van der Waals surface area contributed by atoms with Crippen LogP contribution in [0.5, 0.6) is 0 Å². The molecule has 0 saturated carbocycles. The third-order valence-electron chi connectivity index (χ3n) is 3.24. The maximum absolute atomic E-state index is 13.8. The summed E-state index contributed by atoms with van der Waals surface area (Å²) in [6, 6.07) is 13.9. The Morgan fingerprint density at radius 1 is 1.17 bits per heavy atom. The Hall–Kier alpha value is -2.24. The van der Waals surface area contributed by atoms with E-state index >= 15 is 0 Å². The van der Waals surface area contributed by atoms with Gasteiger partial charge in [0.25, 0.3) is 5.91 Å². The number of nitrogens with one attached hydrogen (secondary N) is 1. The number of thiazole rings is 1. The molecule has 0 aliphatic carbocycles. The lowest BCUT2D eigenvalue weighted by atomic mass is 10.2. The van der Waals surface area contributed by atoms with Crippen molar-refractivity contribution >= 4 is 34.0 Å². The van der Waals surface area contributed by atoms with Gasteiger partial charge in [-0.1, -0.05) is 59.3 Å². The number of amides is 1. The molecule has 0 saturated heterocycles. The maximum atomic E-state index is 13.8. The Morgan fingerprint density at radius 2 is 1.91 bits per heavy atom. The monoisotopic (exact) mass is 346 g/mol. The van der Waals surface area contributed by atoms with Gasteiger partial charge < -0.3 is 0 Å². The summed E-state index contributed by atoms with van der Waals surface area (Å²) >= 11 is 7.24. The number of aryl methyl sites for hydroxylation is 1. The second-order valence-corrected chi connectivity index (χ2v) is 6.26. The number of halogens is 2. The molecular formula is C17H12ClFN2OS. The summed E-state index contributed by atoms with van der Waals surface area (Å²) in [5.74, 6) is -1.27. The van der Waals surface area contributed by atoms with Crippen LogP contribution in [-0.4, -0.2) is 10.9 Å². The molecule has 1 aromatic heterocycles. The van der Waals surface area contributed by atoms with Crippen LogP contribution in [0.4, 0.5) is 9.52 Å². The molecule has 0 aliphatic heterocycles. The molecule has 3 rings (SSSR count). The average Bonchev–Trinajstić information content (AvgIpc) is 2.88. The molecule has 0 fully saturated rings. The Kier molecular flexibility index (Phi) is 4.41. The van der Waals surface area contributed by atoms with E-state index in [2.05, 4.69) is 10.3 Å². The number of anilines is 1. The smallest absolute Gasteiger partial charge is 0.261 e. The van der Waals surface area contributed by atoms with Crippen LogP contribution in [0.25, 0.3) is 10.4 Å². The molecule has 1 N–H and O–H groups in total. The molecule has 0 unspecified atom stereocenters. The van der Waals surface area contributed by atoms with Crippen molar-refractivity contribution in [2.45, 2.75) is 6.92 Å². The van der Waals surface area contributed by atoms with Crippen molar-refractivity contribution < 1.29 is 9.18 Å². The van der Waals surface area contributed by atoms with E-state index in [1.165, 1.54) is 29.5 Å². The first-order chi connectivity index (χ1) is 11.1.